The number of fused-ring (bicyclic) bond motifs is 1. The smallest absolute Gasteiger partial charge is 0.295 e. The Kier molecular flexibility index (Phi) is 5.60. The summed E-state index contributed by atoms with van der Waals surface area (Å²) in [6, 6.07) is 19.8. The average Bonchev–Trinajstić information content (AvgIpc) is 3.45. The van der Waals surface area contributed by atoms with Gasteiger partial charge in [-0.2, -0.15) is 0 Å². The Morgan fingerprint density at radius 1 is 1.06 bits per heavy atom. The van der Waals surface area contributed by atoms with Gasteiger partial charge in [-0.3, -0.25) is 9.59 Å². The number of aliphatic hydroxyl groups excluding tert-OH is 1. The highest BCUT2D eigenvalue weighted by Crippen LogP contribution is 2.41. The Hall–Kier alpha value is -3.64. The largest absolute Gasteiger partial charge is 0.507 e. The number of hydrogen-bond acceptors (Lipinski definition) is 5. The molecule has 0 aromatic heterocycles. The van der Waals surface area contributed by atoms with E-state index in [1.165, 1.54) is 4.90 Å². The van der Waals surface area contributed by atoms with E-state index >= 15 is 0 Å². The lowest BCUT2D eigenvalue weighted by molar-refractivity contribution is -0.140. The van der Waals surface area contributed by atoms with E-state index in [-0.39, 0.29) is 17.4 Å². The normalized spacial score (nSPS) is 22.3. The van der Waals surface area contributed by atoms with Crippen molar-refractivity contribution >= 4 is 28.2 Å². The lowest BCUT2D eigenvalue weighted by Gasteiger charge is -2.27. The summed E-state index contributed by atoms with van der Waals surface area (Å²) in [5.41, 5.74) is 1.28. The lowest BCUT2D eigenvalue weighted by Crippen LogP contribution is -2.36. The summed E-state index contributed by atoms with van der Waals surface area (Å²) in [7, 11) is 1.57. The van der Waals surface area contributed by atoms with Gasteiger partial charge in [-0.15, -0.1) is 0 Å². The van der Waals surface area contributed by atoms with Gasteiger partial charge in [-0.25, -0.2) is 0 Å². The zero-order chi connectivity index (χ0) is 22.9. The molecule has 168 valence electrons. The van der Waals surface area contributed by atoms with Gasteiger partial charge in [0.15, 0.2) is 0 Å². The third-order valence-electron chi connectivity index (χ3n) is 6.40. The average molecular weight is 443 g/mol. The van der Waals surface area contributed by atoms with E-state index in [2.05, 4.69) is 0 Å². The maximum Gasteiger partial charge on any atom is 0.295 e. The number of rotatable bonds is 5. The van der Waals surface area contributed by atoms with Crippen molar-refractivity contribution in [2.24, 2.45) is 0 Å². The first-order valence-corrected chi connectivity index (χ1v) is 11.1. The highest BCUT2D eigenvalue weighted by Gasteiger charge is 2.47. The summed E-state index contributed by atoms with van der Waals surface area (Å²) in [5.74, 6) is -0.880. The van der Waals surface area contributed by atoms with Crippen LogP contribution in [0.5, 0.6) is 5.75 Å². The minimum atomic E-state index is -0.726. The standard InChI is InChI=1S/C27H25NO5/c1-32-21-9-4-8-19(15-21)24-23(26(30)27(31)28(24)16-22-10-5-13-33-22)25(29)20-12-11-17-6-2-3-7-18(17)14-20/h2-4,6-9,11-12,14-15,22,24,29H,5,10,13,16H2,1H3/b25-23-. The summed E-state index contributed by atoms with van der Waals surface area (Å²) in [6.45, 7) is 0.941. The van der Waals surface area contributed by atoms with E-state index in [0.717, 1.165) is 23.6 Å². The molecule has 3 aromatic carbocycles. The molecule has 0 bridgehead atoms. The van der Waals surface area contributed by atoms with Crippen molar-refractivity contribution in [1.29, 1.82) is 0 Å². The minimum Gasteiger partial charge on any atom is -0.507 e. The molecule has 6 nitrogen and oxygen atoms in total. The molecule has 2 heterocycles. The number of likely N-dealkylation sites (tertiary alicyclic amines) is 1. The molecule has 0 saturated carbocycles. The second-order valence-corrected chi connectivity index (χ2v) is 8.43. The number of amides is 1. The Morgan fingerprint density at radius 2 is 1.88 bits per heavy atom. The van der Waals surface area contributed by atoms with Gasteiger partial charge in [0.1, 0.15) is 11.5 Å². The number of methoxy groups -OCH3 is 1. The highest BCUT2D eigenvalue weighted by atomic mass is 16.5. The van der Waals surface area contributed by atoms with Crippen LogP contribution >= 0.6 is 0 Å². The monoisotopic (exact) mass is 443 g/mol. The summed E-state index contributed by atoms with van der Waals surface area (Å²) < 4.78 is 11.1. The Bertz CT molecular complexity index is 1260. The molecule has 2 aliphatic heterocycles. The molecule has 3 aromatic rings. The topological polar surface area (TPSA) is 76.1 Å². The molecule has 5 rings (SSSR count). The number of nitrogens with zero attached hydrogens (tertiary/aromatic N) is 1. The fraction of sp³-hybridized carbons (Fsp3) is 0.259. The molecule has 2 saturated heterocycles. The highest BCUT2D eigenvalue weighted by molar-refractivity contribution is 6.46. The Balaban J connectivity index is 1.64. The van der Waals surface area contributed by atoms with Crippen LogP contribution in [0.25, 0.3) is 16.5 Å². The summed E-state index contributed by atoms with van der Waals surface area (Å²) in [6.07, 6.45) is 1.63. The van der Waals surface area contributed by atoms with Crippen molar-refractivity contribution in [3.8, 4) is 5.75 Å². The maximum absolute atomic E-state index is 13.2. The van der Waals surface area contributed by atoms with Gasteiger partial charge in [0, 0.05) is 18.7 Å². The summed E-state index contributed by atoms with van der Waals surface area (Å²) in [4.78, 5) is 27.9. The van der Waals surface area contributed by atoms with Gasteiger partial charge in [-0.1, -0.05) is 48.5 Å². The van der Waals surface area contributed by atoms with Crippen LogP contribution in [0.4, 0.5) is 0 Å². The zero-order valence-corrected chi connectivity index (χ0v) is 18.4. The molecule has 33 heavy (non-hydrogen) atoms. The van der Waals surface area contributed by atoms with Crippen molar-refractivity contribution in [2.75, 3.05) is 20.3 Å². The molecule has 2 unspecified atom stereocenters. The van der Waals surface area contributed by atoms with Crippen LogP contribution in [0.15, 0.2) is 72.3 Å². The molecular formula is C27H25NO5. The zero-order valence-electron chi connectivity index (χ0n) is 18.4. The molecule has 0 aliphatic carbocycles. The Morgan fingerprint density at radius 3 is 2.64 bits per heavy atom. The fourth-order valence-corrected chi connectivity index (χ4v) is 4.73. The third-order valence-corrected chi connectivity index (χ3v) is 6.40. The first kappa shape index (κ1) is 21.2. The number of ether oxygens (including phenoxy) is 2. The van der Waals surface area contributed by atoms with E-state index in [1.807, 2.05) is 48.5 Å². The van der Waals surface area contributed by atoms with Crippen LogP contribution < -0.4 is 4.74 Å². The lowest BCUT2D eigenvalue weighted by atomic mass is 9.94. The number of benzene rings is 3. The summed E-state index contributed by atoms with van der Waals surface area (Å²) in [5, 5.41) is 13.3. The van der Waals surface area contributed by atoms with Crippen molar-refractivity contribution in [3.05, 3.63) is 83.4 Å². The molecular weight excluding hydrogens is 418 g/mol. The maximum atomic E-state index is 13.2. The number of carbonyl (C=O) groups is 2. The van der Waals surface area contributed by atoms with Crippen LogP contribution in [0, 0.1) is 0 Å². The second kappa shape index (κ2) is 8.71. The number of hydrogen-bond donors (Lipinski definition) is 1. The van der Waals surface area contributed by atoms with Gasteiger partial charge >= 0.3 is 0 Å². The summed E-state index contributed by atoms with van der Waals surface area (Å²) >= 11 is 0. The van der Waals surface area contributed by atoms with E-state index in [1.54, 1.807) is 25.3 Å². The van der Waals surface area contributed by atoms with Crippen molar-refractivity contribution in [3.63, 3.8) is 0 Å². The molecule has 2 fully saturated rings. The predicted octanol–water partition coefficient (Wildman–Crippen LogP) is 4.45. The number of Topliss-reactive ketones (excluding diaryl/α,β-unsaturated/α-hetero) is 1. The molecule has 0 radical (unpaired) electrons. The van der Waals surface area contributed by atoms with Crippen molar-refractivity contribution < 1.29 is 24.2 Å². The number of carbonyl (C=O) groups excluding carboxylic acids is 2. The van der Waals surface area contributed by atoms with E-state index < -0.39 is 17.7 Å². The molecule has 1 N–H and O–H groups in total. The SMILES string of the molecule is COc1cccc(C2/C(=C(/O)c3ccc4ccccc4c3)C(=O)C(=O)N2CC2CCCO2)c1. The van der Waals surface area contributed by atoms with Gasteiger partial charge in [0.25, 0.3) is 11.7 Å². The molecule has 0 spiro atoms. The Labute approximate surface area is 192 Å². The third kappa shape index (κ3) is 3.87. The molecule has 1 amide bonds. The van der Waals surface area contributed by atoms with E-state index in [9.17, 15) is 14.7 Å². The van der Waals surface area contributed by atoms with Crippen molar-refractivity contribution in [2.45, 2.75) is 25.0 Å². The fourth-order valence-electron chi connectivity index (χ4n) is 4.73. The van der Waals surface area contributed by atoms with Crippen LogP contribution in [0.3, 0.4) is 0 Å². The van der Waals surface area contributed by atoms with E-state index in [4.69, 9.17) is 9.47 Å². The first-order chi connectivity index (χ1) is 16.1. The molecule has 2 aliphatic rings. The quantitative estimate of drug-likeness (QED) is 0.358. The van der Waals surface area contributed by atoms with Crippen molar-refractivity contribution in [1.82, 2.24) is 4.90 Å². The number of aliphatic hydroxyl groups is 1. The van der Waals surface area contributed by atoms with Crippen LogP contribution in [0.1, 0.15) is 30.0 Å². The van der Waals surface area contributed by atoms with Crippen LogP contribution in [-0.4, -0.2) is 48.1 Å². The predicted molar refractivity (Wildman–Crippen MR) is 125 cm³/mol. The van der Waals surface area contributed by atoms with Gasteiger partial charge in [-0.05, 0) is 47.4 Å². The van der Waals surface area contributed by atoms with Gasteiger partial charge in [0.05, 0.1) is 24.8 Å². The van der Waals surface area contributed by atoms with Gasteiger partial charge in [0.2, 0.25) is 0 Å². The number of ketones is 1. The molecule has 2 atom stereocenters. The minimum absolute atomic E-state index is 0.0848. The van der Waals surface area contributed by atoms with E-state index in [0.29, 0.717) is 30.0 Å². The molecule has 6 heteroatoms. The van der Waals surface area contributed by atoms with Gasteiger partial charge < -0.3 is 19.5 Å². The van der Waals surface area contributed by atoms with Crippen LogP contribution in [-0.2, 0) is 14.3 Å². The van der Waals surface area contributed by atoms with Crippen LogP contribution in [0.2, 0.25) is 0 Å². The second-order valence-electron chi connectivity index (χ2n) is 8.43. The first-order valence-electron chi connectivity index (χ1n) is 11.1.